The molecule has 0 radical (unpaired) electrons. The molecular formula is C12H15F3N2O3S. The van der Waals surface area contributed by atoms with Crippen LogP contribution in [0.25, 0.3) is 0 Å². The molecule has 0 aliphatic carbocycles. The molecule has 0 aliphatic rings. The van der Waals surface area contributed by atoms with Crippen molar-refractivity contribution in [2.24, 2.45) is 0 Å². The smallest absolute Gasteiger partial charge is 0.347 e. The Morgan fingerprint density at radius 1 is 1.29 bits per heavy atom. The second kappa shape index (κ2) is 6.02. The highest BCUT2D eigenvalue weighted by Crippen LogP contribution is 2.30. The van der Waals surface area contributed by atoms with E-state index in [0.29, 0.717) is 6.07 Å². The molecule has 1 atom stereocenters. The lowest BCUT2D eigenvalue weighted by Gasteiger charge is -2.18. The number of nitrogens with one attached hydrogen (secondary N) is 1. The molecule has 0 aromatic heterocycles. The summed E-state index contributed by atoms with van der Waals surface area (Å²) >= 11 is 0. The van der Waals surface area contributed by atoms with Crippen LogP contribution in [-0.2, 0) is 21.0 Å². The minimum absolute atomic E-state index is 0.509. The molecule has 0 bridgehead atoms. The van der Waals surface area contributed by atoms with Crippen molar-refractivity contribution in [2.75, 3.05) is 14.1 Å². The van der Waals surface area contributed by atoms with Gasteiger partial charge >= 0.3 is 6.18 Å². The molecule has 0 aliphatic heterocycles. The SMILES string of the molecule is CC(NS(=O)(=O)c1cccc(C(F)(F)F)c1)C(=O)N(C)C. The van der Waals surface area contributed by atoms with Gasteiger partial charge in [0.25, 0.3) is 0 Å². The fourth-order valence-corrected chi connectivity index (χ4v) is 2.82. The van der Waals surface area contributed by atoms with E-state index in [1.165, 1.54) is 25.9 Å². The third-order valence-corrected chi connectivity index (χ3v) is 4.15. The van der Waals surface area contributed by atoms with E-state index >= 15 is 0 Å². The first kappa shape index (κ1) is 17.4. The maximum atomic E-state index is 12.6. The number of carbonyl (C=O) groups is 1. The van der Waals surface area contributed by atoms with Gasteiger partial charge in [0.05, 0.1) is 16.5 Å². The summed E-state index contributed by atoms with van der Waals surface area (Å²) in [6.45, 7) is 1.31. The molecule has 1 amide bonds. The molecule has 1 N–H and O–H groups in total. The van der Waals surface area contributed by atoms with E-state index in [-0.39, 0.29) is 0 Å². The number of carbonyl (C=O) groups excluding carboxylic acids is 1. The zero-order valence-corrected chi connectivity index (χ0v) is 12.4. The maximum Gasteiger partial charge on any atom is 0.416 e. The number of rotatable bonds is 4. The Labute approximate surface area is 120 Å². The summed E-state index contributed by atoms with van der Waals surface area (Å²) in [5, 5.41) is 0. The standard InChI is InChI=1S/C12H15F3N2O3S/c1-8(11(18)17(2)3)16-21(19,20)10-6-4-5-9(7-10)12(13,14)15/h4-8,16H,1-3H3. The fraction of sp³-hybridized carbons (Fsp3) is 0.417. The number of hydrogen-bond acceptors (Lipinski definition) is 3. The van der Waals surface area contributed by atoms with Gasteiger partial charge < -0.3 is 4.90 Å². The van der Waals surface area contributed by atoms with Gasteiger partial charge in [-0.2, -0.15) is 17.9 Å². The summed E-state index contributed by atoms with van der Waals surface area (Å²) in [5.41, 5.74) is -1.07. The van der Waals surface area contributed by atoms with Gasteiger partial charge in [0.2, 0.25) is 15.9 Å². The fourth-order valence-electron chi connectivity index (χ4n) is 1.58. The van der Waals surface area contributed by atoms with Crippen LogP contribution in [0.2, 0.25) is 0 Å². The first-order valence-electron chi connectivity index (χ1n) is 5.86. The van der Waals surface area contributed by atoms with Crippen LogP contribution in [0.5, 0.6) is 0 Å². The van der Waals surface area contributed by atoms with Crippen molar-refractivity contribution in [3.63, 3.8) is 0 Å². The van der Waals surface area contributed by atoms with E-state index in [1.54, 1.807) is 0 Å². The average Bonchev–Trinajstić information content (AvgIpc) is 2.36. The molecule has 9 heteroatoms. The topological polar surface area (TPSA) is 66.5 Å². The zero-order chi connectivity index (χ0) is 16.4. The summed E-state index contributed by atoms with van der Waals surface area (Å²) in [5.74, 6) is -0.509. The van der Waals surface area contributed by atoms with Crippen molar-refractivity contribution in [1.82, 2.24) is 9.62 Å². The molecule has 0 spiro atoms. The van der Waals surface area contributed by atoms with Crippen LogP contribution in [-0.4, -0.2) is 39.4 Å². The van der Waals surface area contributed by atoms with Gasteiger partial charge in [-0.15, -0.1) is 0 Å². The maximum absolute atomic E-state index is 12.6. The summed E-state index contributed by atoms with van der Waals surface area (Å²) in [4.78, 5) is 12.2. The van der Waals surface area contributed by atoms with Crippen LogP contribution in [0.15, 0.2) is 29.2 Å². The van der Waals surface area contributed by atoms with Gasteiger partial charge in [-0.05, 0) is 25.1 Å². The molecule has 0 saturated heterocycles. The lowest BCUT2D eigenvalue weighted by atomic mass is 10.2. The molecule has 1 rings (SSSR count). The molecule has 0 fully saturated rings. The zero-order valence-electron chi connectivity index (χ0n) is 11.6. The molecule has 21 heavy (non-hydrogen) atoms. The van der Waals surface area contributed by atoms with Crippen LogP contribution >= 0.6 is 0 Å². The quantitative estimate of drug-likeness (QED) is 0.912. The van der Waals surface area contributed by atoms with E-state index in [9.17, 15) is 26.4 Å². The Bertz CT molecular complexity index is 627. The number of nitrogens with zero attached hydrogens (tertiary/aromatic N) is 1. The van der Waals surface area contributed by atoms with Crippen LogP contribution in [0.4, 0.5) is 13.2 Å². The number of amides is 1. The Balaban J connectivity index is 3.07. The molecule has 0 heterocycles. The largest absolute Gasteiger partial charge is 0.416 e. The summed E-state index contributed by atoms with van der Waals surface area (Å²) in [6, 6.07) is 2.24. The van der Waals surface area contributed by atoms with Crippen LogP contribution < -0.4 is 4.72 Å². The number of alkyl halides is 3. The number of halogens is 3. The first-order chi connectivity index (χ1) is 9.45. The molecule has 0 saturated carbocycles. The van der Waals surface area contributed by atoms with E-state index in [0.717, 1.165) is 18.2 Å². The monoisotopic (exact) mass is 324 g/mol. The van der Waals surface area contributed by atoms with Gasteiger partial charge in [-0.25, -0.2) is 8.42 Å². The predicted molar refractivity (Wildman–Crippen MR) is 69.9 cm³/mol. The summed E-state index contributed by atoms with van der Waals surface area (Å²) in [7, 11) is -1.33. The van der Waals surface area contributed by atoms with Crippen molar-refractivity contribution >= 4 is 15.9 Å². The van der Waals surface area contributed by atoms with Crippen LogP contribution in [0.1, 0.15) is 12.5 Å². The van der Waals surface area contributed by atoms with Gasteiger partial charge in [0.1, 0.15) is 0 Å². The molecule has 1 aromatic carbocycles. The third kappa shape index (κ3) is 4.43. The van der Waals surface area contributed by atoms with Crippen molar-refractivity contribution in [1.29, 1.82) is 0 Å². The number of hydrogen-bond donors (Lipinski definition) is 1. The van der Waals surface area contributed by atoms with Gasteiger partial charge in [-0.3, -0.25) is 4.79 Å². The molecule has 5 nitrogen and oxygen atoms in total. The molecular weight excluding hydrogens is 309 g/mol. The Kier molecular flexibility index (Phi) is 5.00. The molecule has 1 unspecified atom stereocenters. The third-order valence-electron chi connectivity index (χ3n) is 2.61. The normalized spacial score (nSPS) is 13.8. The van der Waals surface area contributed by atoms with Gasteiger partial charge in [0, 0.05) is 14.1 Å². The highest BCUT2D eigenvalue weighted by atomic mass is 32.2. The second-order valence-corrected chi connectivity index (χ2v) is 6.32. The predicted octanol–water partition coefficient (Wildman–Crippen LogP) is 1.46. The minimum atomic E-state index is -4.64. The van der Waals surface area contributed by atoms with Crippen molar-refractivity contribution in [2.45, 2.75) is 24.0 Å². The highest BCUT2D eigenvalue weighted by Gasteiger charge is 2.32. The first-order valence-corrected chi connectivity index (χ1v) is 7.34. The van der Waals surface area contributed by atoms with Crippen molar-refractivity contribution < 1.29 is 26.4 Å². The van der Waals surface area contributed by atoms with E-state index in [2.05, 4.69) is 0 Å². The number of benzene rings is 1. The number of sulfonamides is 1. The lowest BCUT2D eigenvalue weighted by molar-refractivity contribution is -0.137. The highest BCUT2D eigenvalue weighted by molar-refractivity contribution is 7.89. The average molecular weight is 324 g/mol. The van der Waals surface area contributed by atoms with Gasteiger partial charge in [0.15, 0.2) is 0 Å². The Hall–Kier alpha value is -1.61. The van der Waals surface area contributed by atoms with E-state index < -0.39 is 38.6 Å². The Morgan fingerprint density at radius 2 is 1.86 bits per heavy atom. The minimum Gasteiger partial charge on any atom is -0.347 e. The molecule has 1 aromatic rings. The van der Waals surface area contributed by atoms with Crippen molar-refractivity contribution in [3.05, 3.63) is 29.8 Å². The second-order valence-electron chi connectivity index (χ2n) is 4.60. The summed E-state index contributed by atoms with van der Waals surface area (Å²) in [6.07, 6.45) is -4.64. The Morgan fingerprint density at radius 3 is 2.33 bits per heavy atom. The van der Waals surface area contributed by atoms with Crippen LogP contribution in [0, 0.1) is 0 Å². The van der Waals surface area contributed by atoms with Crippen LogP contribution in [0.3, 0.4) is 0 Å². The lowest BCUT2D eigenvalue weighted by Crippen LogP contribution is -2.44. The number of likely N-dealkylation sites (N-methyl/N-ethyl adjacent to an activating group) is 1. The van der Waals surface area contributed by atoms with Crippen molar-refractivity contribution in [3.8, 4) is 0 Å². The van der Waals surface area contributed by atoms with E-state index in [4.69, 9.17) is 0 Å². The summed E-state index contributed by atoms with van der Waals surface area (Å²) < 4.78 is 63.8. The molecule has 118 valence electrons. The van der Waals surface area contributed by atoms with E-state index in [1.807, 2.05) is 4.72 Å². The van der Waals surface area contributed by atoms with Gasteiger partial charge in [-0.1, -0.05) is 6.07 Å².